The summed E-state index contributed by atoms with van der Waals surface area (Å²) in [5.41, 5.74) is 4.59. The number of aromatic nitrogens is 3. The van der Waals surface area contributed by atoms with Crippen molar-refractivity contribution in [2.24, 2.45) is 0 Å². The van der Waals surface area contributed by atoms with Crippen LogP contribution < -0.4 is 5.56 Å². The molecule has 1 N–H and O–H groups in total. The van der Waals surface area contributed by atoms with E-state index in [1.165, 1.54) is 12.1 Å². The number of aromatic amines is 1. The van der Waals surface area contributed by atoms with Crippen molar-refractivity contribution in [3.63, 3.8) is 0 Å². The van der Waals surface area contributed by atoms with Crippen LogP contribution in [0.1, 0.15) is 35.4 Å². The van der Waals surface area contributed by atoms with Gasteiger partial charge in [-0.2, -0.15) is 0 Å². The lowest BCUT2D eigenvalue weighted by molar-refractivity contribution is 0.187. The molecule has 5 rings (SSSR count). The number of hydrogen-bond donors (Lipinski definition) is 1. The third-order valence-corrected chi connectivity index (χ3v) is 5.84. The first-order chi connectivity index (χ1) is 12.6. The maximum Gasteiger partial charge on any atom is 0.276 e. The number of nitrogens with one attached hydrogen (secondary N) is 1. The Morgan fingerprint density at radius 1 is 1.19 bits per heavy atom. The average Bonchev–Trinajstić information content (AvgIpc) is 3.11. The van der Waals surface area contributed by atoms with Gasteiger partial charge in [0.05, 0.1) is 5.69 Å². The SMILES string of the molecule is Cc1cc2nc3c(c(=O)n2[nH]1)C[C@H]1CC[C@@H](C3)N1Cc1ccc(F)cc1. The van der Waals surface area contributed by atoms with Crippen LogP contribution in [-0.2, 0) is 19.4 Å². The van der Waals surface area contributed by atoms with Gasteiger partial charge in [-0.05, 0) is 43.9 Å². The van der Waals surface area contributed by atoms with Gasteiger partial charge in [0, 0.05) is 42.4 Å². The van der Waals surface area contributed by atoms with E-state index in [-0.39, 0.29) is 11.4 Å². The molecule has 2 aromatic heterocycles. The van der Waals surface area contributed by atoms with E-state index in [4.69, 9.17) is 4.98 Å². The van der Waals surface area contributed by atoms with Crippen LogP contribution in [0.25, 0.3) is 5.65 Å². The van der Waals surface area contributed by atoms with Gasteiger partial charge in [0.25, 0.3) is 5.56 Å². The lowest BCUT2D eigenvalue weighted by Crippen LogP contribution is -2.36. The third-order valence-electron chi connectivity index (χ3n) is 5.84. The molecule has 0 amide bonds. The molecule has 134 valence electrons. The highest BCUT2D eigenvalue weighted by molar-refractivity contribution is 5.42. The minimum atomic E-state index is -0.206. The first kappa shape index (κ1) is 15.8. The molecule has 0 spiro atoms. The van der Waals surface area contributed by atoms with Crippen LogP contribution in [0.5, 0.6) is 0 Å². The quantitative estimate of drug-likeness (QED) is 0.771. The summed E-state index contributed by atoms with van der Waals surface area (Å²) in [6, 6.07) is 9.39. The molecular weight excluding hydrogens is 331 g/mol. The Labute approximate surface area is 150 Å². The minimum Gasteiger partial charge on any atom is -0.294 e. The van der Waals surface area contributed by atoms with Crippen molar-refractivity contribution in [1.29, 1.82) is 0 Å². The molecule has 1 aromatic carbocycles. The Kier molecular flexibility index (Phi) is 3.50. The zero-order valence-corrected chi connectivity index (χ0v) is 14.7. The molecule has 6 heteroatoms. The number of aryl methyl sites for hydroxylation is 1. The maximum absolute atomic E-state index is 13.2. The zero-order valence-electron chi connectivity index (χ0n) is 14.7. The molecular formula is C20H21FN4O. The van der Waals surface area contributed by atoms with Crippen LogP contribution in [0.4, 0.5) is 4.39 Å². The van der Waals surface area contributed by atoms with Gasteiger partial charge in [-0.25, -0.2) is 13.9 Å². The highest BCUT2D eigenvalue weighted by Crippen LogP contribution is 2.34. The smallest absolute Gasteiger partial charge is 0.276 e. The monoisotopic (exact) mass is 352 g/mol. The van der Waals surface area contributed by atoms with E-state index in [1.807, 2.05) is 25.1 Å². The van der Waals surface area contributed by atoms with E-state index in [0.29, 0.717) is 17.7 Å². The van der Waals surface area contributed by atoms with Crippen molar-refractivity contribution in [1.82, 2.24) is 19.5 Å². The first-order valence-electron chi connectivity index (χ1n) is 9.19. The molecule has 0 unspecified atom stereocenters. The number of benzene rings is 1. The number of nitrogens with zero attached hydrogens (tertiary/aromatic N) is 3. The Bertz CT molecular complexity index is 1040. The Balaban J connectivity index is 1.51. The molecule has 2 aliphatic heterocycles. The van der Waals surface area contributed by atoms with Gasteiger partial charge in [0.15, 0.2) is 5.65 Å². The molecule has 2 atom stereocenters. The number of rotatable bonds is 2. The van der Waals surface area contributed by atoms with E-state index >= 15 is 0 Å². The molecule has 1 fully saturated rings. The number of H-pyrrole nitrogens is 1. The van der Waals surface area contributed by atoms with Crippen LogP contribution in [0.2, 0.25) is 0 Å². The minimum absolute atomic E-state index is 0.0346. The van der Waals surface area contributed by atoms with Crippen LogP contribution in [-0.4, -0.2) is 31.6 Å². The Morgan fingerprint density at radius 3 is 2.69 bits per heavy atom. The lowest BCUT2D eigenvalue weighted by atomic mass is 9.98. The van der Waals surface area contributed by atoms with Crippen LogP contribution in [0.3, 0.4) is 0 Å². The maximum atomic E-state index is 13.2. The fraction of sp³-hybridized carbons (Fsp3) is 0.400. The molecule has 0 saturated carbocycles. The second-order valence-corrected chi connectivity index (χ2v) is 7.57. The van der Waals surface area contributed by atoms with Gasteiger partial charge in [0.1, 0.15) is 5.82 Å². The molecule has 2 bridgehead atoms. The standard InChI is InChI=1S/C20H21FN4O/c1-12-8-19-22-18-10-16-7-6-15(9-17(18)20(26)25(19)23-12)24(16)11-13-2-4-14(21)5-3-13/h2-5,8,15-16,23H,6-7,9-11H2,1H3/t15-,16+/m1/s1. The molecule has 1 saturated heterocycles. The van der Waals surface area contributed by atoms with Crippen molar-refractivity contribution in [2.75, 3.05) is 0 Å². The zero-order chi connectivity index (χ0) is 17.8. The van der Waals surface area contributed by atoms with Crippen LogP contribution in [0, 0.1) is 12.7 Å². The van der Waals surface area contributed by atoms with Gasteiger partial charge in [0.2, 0.25) is 0 Å². The fourth-order valence-corrected chi connectivity index (χ4v) is 4.57. The molecule has 2 aliphatic rings. The number of hydrogen-bond acceptors (Lipinski definition) is 3. The van der Waals surface area contributed by atoms with Gasteiger partial charge >= 0.3 is 0 Å². The second kappa shape index (κ2) is 5.77. The van der Waals surface area contributed by atoms with E-state index in [9.17, 15) is 9.18 Å². The largest absolute Gasteiger partial charge is 0.294 e. The number of halogens is 1. The molecule has 26 heavy (non-hydrogen) atoms. The molecule has 0 aliphatic carbocycles. The van der Waals surface area contributed by atoms with Crippen molar-refractivity contribution < 1.29 is 4.39 Å². The summed E-state index contributed by atoms with van der Waals surface area (Å²) in [7, 11) is 0. The van der Waals surface area contributed by atoms with Crippen molar-refractivity contribution in [3.8, 4) is 0 Å². The van der Waals surface area contributed by atoms with Crippen molar-refractivity contribution in [2.45, 2.75) is 51.2 Å². The summed E-state index contributed by atoms with van der Waals surface area (Å²) < 4.78 is 14.8. The molecule has 5 nitrogen and oxygen atoms in total. The normalized spacial score (nSPS) is 22.5. The summed E-state index contributed by atoms with van der Waals surface area (Å²) >= 11 is 0. The highest BCUT2D eigenvalue weighted by atomic mass is 19.1. The van der Waals surface area contributed by atoms with E-state index in [0.717, 1.165) is 54.7 Å². The highest BCUT2D eigenvalue weighted by Gasteiger charge is 2.38. The summed E-state index contributed by atoms with van der Waals surface area (Å²) in [6.07, 6.45) is 3.76. The number of fused-ring (bicyclic) bond motifs is 4. The van der Waals surface area contributed by atoms with Crippen LogP contribution >= 0.6 is 0 Å². The topological polar surface area (TPSA) is 53.4 Å². The summed E-state index contributed by atoms with van der Waals surface area (Å²) in [5, 5.41) is 3.09. The van der Waals surface area contributed by atoms with E-state index in [2.05, 4.69) is 10.00 Å². The Morgan fingerprint density at radius 2 is 1.92 bits per heavy atom. The first-order valence-corrected chi connectivity index (χ1v) is 9.19. The molecule has 4 heterocycles. The summed E-state index contributed by atoms with van der Waals surface area (Å²) in [5.74, 6) is -0.206. The molecule has 0 radical (unpaired) electrons. The third kappa shape index (κ3) is 2.48. The van der Waals surface area contributed by atoms with Crippen LogP contribution in [0.15, 0.2) is 35.1 Å². The predicted octanol–water partition coefficient (Wildman–Crippen LogP) is 2.60. The van der Waals surface area contributed by atoms with Gasteiger partial charge in [-0.1, -0.05) is 12.1 Å². The van der Waals surface area contributed by atoms with Gasteiger partial charge in [-0.3, -0.25) is 14.8 Å². The van der Waals surface area contributed by atoms with Gasteiger partial charge < -0.3 is 0 Å². The van der Waals surface area contributed by atoms with E-state index in [1.54, 1.807) is 4.52 Å². The predicted molar refractivity (Wildman–Crippen MR) is 96.7 cm³/mol. The fourth-order valence-electron chi connectivity index (χ4n) is 4.57. The van der Waals surface area contributed by atoms with Crippen molar-refractivity contribution in [3.05, 3.63) is 69.0 Å². The van der Waals surface area contributed by atoms with Crippen molar-refractivity contribution >= 4 is 5.65 Å². The Hall–Kier alpha value is -2.47. The average molecular weight is 352 g/mol. The molecule has 3 aromatic rings. The lowest BCUT2D eigenvalue weighted by Gasteiger charge is -2.27. The van der Waals surface area contributed by atoms with Gasteiger partial charge in [-0.15, -0.1) is 0 Å². The van der Waals surface area contributed by atoms with E-state index < -0.39 is 0 Å². The second-order valence-electron chi connectivity index (χ2n) is 7.57. The summed E-state index contributed by atoms with van der Waals surface area (Å²) in [4.78, 5) is 20.2. The summed E-state index contributed by atoms with van der Waals surface area (Å²) in [6.45, 7) is 2.73.